The Morgan fingerprint density at radius 1 is 1.09 bits per heavy atom. The van der Waals surface area contributed by atoms with Crippen molar-refractivity contribution in [1.82, 2.24) is 20.9 Å². The highest BCUT2D eigenvalue weighted by Crippen LogP contribution is 2.16. The first-order valence-corrected chi connectivity index (χ1v) is 11.2. The molecule has 0 aromatic heterocycles. The standard InChI is InChI=1S/C24H41N5O3.HI/c1-9-24(10-2,28-22(31)32-23(3,4)5)17-27-21(25-6)26-15-14-18-12-11-13-19(16-18)20(30)29(7)8;/h11-13,16H,9-10,14-15,17H2,1-8H3,(H,28,31)(H2,25,26,27);1H. The number of nitrogens with zero attached hydrogens (tertiary/aromatic N) is 2. The van der Waals surface area contributed by atoms with E-state index in [1.54, 1.807) is 26.0 Å². The van der Waals surface area contributed by atoms with Gasteiger partial charge in [-0.05, 0) is 57.7 Å². The summed E-state index contributed by atoms with van der Waals surface area (Å²) in [7, 11) is 5.21. The van der Waals surface area contributed by atoms with Gasteiger partial charge in [-0.2, -0.15) is 0 Å². The maximum Gasteiger partial charge on any atom is 0.408 e. The van der Waals surface area contributed by atoms with Crippen molar-refractivity contribution in [3.63, 3.8) is 0 Å². The average Bonchev–Trinajstić information content (AvgIpc) is 2.73. The highest BCUT2D eigenvalue weighted by molar-refractivity contribution is 14.0. The van der Waals surface area contributed by atoms with Gasteiger partial charge in [0.15, 0.2) is 5.96 Å². The van der Waals surface area contributed by atoms with E-state index in [0.29, 0.717) is 24.6 Å². The molecule has 0 aliphatic rings. The van der Waals surface area contributed by atoms with E-state index in [9.17, 15) is 9.59 Å². The van der Waals surface area contributed by atoms with Crippen molar-refractivity contribution in [3.05, 3.63) is 35.4 Å². The van der Waals surface area contributed by atoms with Crippen LogP contribution in [0.2, 0.25) is 0 Å². The Morgan fingerprint density at radius 2 is 1.73 bits per heavy atom. The molecular weight excluding hydrogens is 533 g/mol. The summed E-state index contributed by atoms with van der Waals surface area (Å²) in [6, 6.07) is 7.66. The summed E-state index contributed by atoms with van der Waals surface area (Å²) in [5, 5.41) is 9.65. The van der Waals surface area contributed by atoms with E-state index < -0.39 is 17.2 Å². The number of rotatable bonds is 9. The molecule has 0 fully saturated rings. The minimum absolute atomic E-state index is 0. The number of carbonyl (C=O) groups is 2. The Hall–Kier alpha value is -2.04. The minimum atomic E-state index is -0.545. The molecule has 1 aromatic carbocycles. The second-order valence-corrected chi connectivity index (χ2v) is 9.12. The topological polar surface area (TPSA) is 95.1 Å². The van der Waals surface area contributed by atoms with Crippen LogP contribution >= 0.6 is 24.0 Å². The number of alkyl carbamates (subject to hydrolysis) is 1. The lowest BCUT2D eigenvalue weighted by atomic mass is 9.93. The minimum Gasteiger partial charge on any atom is -0.444 e. The van der Waals surface area contributed by atoms with Gasteiger partial charge >= 0.3 is 6.09 Å². The zero-order valence-electron chi connectivity index (χ0n) is 21.4. The highest BCUT2D eigenvalue weighted by atomic mass is 127. The number of nitrogens with one attached hydrogen (secondary N) is 3. The molecule has 33 heavy (non-hydrogen) atoms. The van der Waals surface area contributed by atoms with Crippen LogP contribution in [0, 0.1) is 0 Å². The summed E-state index contributed by atoms with van der Waals surface area (Å²) in [4.78, 5) is 30.3. The first-order chi connectivity index (χ1) is 14.9. The van der Waals surface area contributed by atoms with Gasteiger partial charge in [-0.1, -0.05) is 26.0 Å². The zero-order chi connectivity index (χ0) is 24.4. The number of hydrogen-bond donors (Lipinski definition) is 3. The molecule has 0 aliphatic heterocycles. The normalized spacial score (nSPS) is 11.8. The first-order valence-electron chi connectivity index (χ1n) is 11.2. The predicted octanol–water partition coefficient (Wildman–Crippen LogP) is 3.80. The Balaban J connectivity index is 0.0000102. The van der Waals surface area contributed by atoms with Crippen LogP contribution in [0.5, 0.6) is 0 Å². The first kappa shape index (κ1) is 31.0. The van der Waals surface area contributed by atoms with Gasteiger partial charge in [0.1, 0.15) is 5.60 Å². The predicted molar refractivity (Wildman–Crippen MR) is 146 cm³/mol. The van der Waals surface area contributed by atoms with Crippen molar-refractivity contribution in [3.8, 4) is 0 Å². The molecular formula is C24H42IN5O3. The number of carbonyl (C=O) groups excluding carboxylic acids is 2. The van der Waals surface area contributed by atoms with Gasteiger partial charge in [-0.15, -0.1) is 24.0 Å². The Kier molecular flexibility index (Phi) is 13.4. The lowest BCUT2D eigenvalue weighted by molar-refractivity contribution is 0.0448. The van der Waals surface area contributed by atoms with Crippen molar-refractivity contribution in [2.45, 2.75) is 65.0 Å². The number of hydrogen-bond acceptors (Lipinski definition) is 4. The molecule has 3 N–H and O–H groups in total. The van der Waals surface area contributed by atoms with Gasteiger partial charge in [0.25, 0.3) is 5.91 Å². The van der Waals surface area contributed by atoms with E-state index in [2.05, 4.69) is 20.9 Å². The summed E-state index contributed by atoms with van der Waals surface area (Å²) < 4.78 is 5.43. The molecule has 0 heterocycles. The highest BCUT2D eigenvalue weighted by Gasteiger charge is 2.30. The van der Waals surface area contributed by atoms with Crippen molar-refractivity contribution < 1.29 is 14.3 Å². The lowest BCUT2D eigenvalue weighted by Crippen LogP contribution is -2.57. The lowest BCUT2D eigenvalue weighted by Gasteiger charge is -2.34. The third kappa shape index (κ3) is 11.1. The summed E-state index contributed by atoms with van der Waals surface area (Å²) in [5.74, 6) is 0.646. The summed E-state index contributed by atoms with van der Waals surface area (Å²) in [6.45, 7) is 10.8. The fraction of sp³-hybridized carbons (Fsp3) is 0.625. The van der Waals surface area contributed by atoms with Crippen LogP contribution in [0.4, 0.5) is 4.79 Å². The van der Waals surface area contributed by atoms with E-state index in [4.69, 9.17) is 4.74 Å². The van der Waals surface area contributed by atoms with Gasteiger partial charge in [0.2, 0.25) is 0 Å². The number of aliphatic imine (C=N–C) groups is 1. The van der Waals surface area contributed by atoms with Gasteiger partial charge in [0, 0.05) is 39.8 Å². The molecule has 8 nitrogen and oxygen atoms in total. The quantitative estimate of drug-likeness (QED) is 0.237. The van der Waals surface area contributed by atoms with E-state index >= 15 is 0 Å². The molecule has 0 atom stereocenters. The van der Waals surface area contributed by atoms with Crippen molar-refractivity contribution in [2.75, 3.05) is 34.2 Å². The SMILES string of the molecule is CCC(CC)(CNC(=NC)NCCc1cccc(C(=O)N(C)C)c1)NC(=O)OC(C)(C)C.I. The molecule has 0 radical (unpaired) electrons. The van der Waals surface area contributed by atoms with Crippen molar-refractivity contribution >= 4 is 41.9 Å². The van der Waals surface area contributed by atoms with Crippen LogP contribution in [0.25, 0.3) is 0 Å². The third-order valence-corrected chi connectivity index (χ3v) is 5.22. The van der Waals surface area contributed by atoms with E-state index in [1.165, 1.54) is 0 Å². The fourth-order valence-electron chi connectivity index (χ4n) is 3.16. The largest absolute Gasteiger partial charge is 0.444 e. The van der Waals surface area contributed by atoms with Gasteiger partial charge in [-0.25, -0.2) is 4.79 Å². The van der Waals surface area contributed by atoms with E-state index in [1.807, 2.05) is 58.9 Å². The molecule has 0 saturated carbocycles. The number of guanidine groups is 1. The smallest absolute Gasteiger partial charge is 0.408 e. The molecule has 1 rings (SSSR count). The summed E-state index contributed by atoms with van der Waals surface area (Å²) >= 11 is 0. The van der Waals surface area contributed by atoms with Crippen LogP contribution in [0.15, 0.2) is 29.3 Å². The summed E-state index contributed by atoms with van der Waals surface area (Å²) in [6.07, 6.45) is 1.83. The number of ether oxygens (including phenoxy) is 1. The number of halogens is 1. The molecule has 9 heteroatoms. The second kappa shape index (κ2) is 14.3. The van der Waals surface area contributed by atoms with Gasteiger partial charge in [-0.3, -0.25) is 9.79 Å². The fourth-order valence-corrected chi connectivity index (χ4v) is 3.16. The molecule has 1 aromatic rings. The van der Waals surface area contributed by atoms with E-state index in [-0.39, 0.29) is 29.9 Å². The van der Waals surface area contributed by atoms with Gasteiger partial charge in [0.05, 0.1) is 5.54 Å². The molecule has 0 saturated heterocycles. The van der Waals surface area contributed by atoms with Crippen LogP contribution < -0.4 is 16.0 Å². The Labute approximate surface area is 216 Å². The average molecular weight is 576 g/mol. The maximum absolute atomic E-state index is 12.3. The molecule has 0 bridgehead atoms. The number of benzene rings is 1. The Bertz CT molecular complexity index is 787. The maximum atomic E-state index is 12.3. The molecule has 0 spiro atoms. The summed E-state index contributed by atoms with van der Waals surface area (Å²) in [5.41, 5.74) is 0.764. The van der Waals surface area contributed by atoms with Crippen LogP contribution in [-0.2, 0) is 11.2 Å². The van der Waals surface area contributed by atoms with Crippen LogP contribution in [0.3, 0.4) is 0 Å². The third-order valence-electron chi connectivity index (χ3n) is 5.22. The zero-order valence-corrected chi connectivity index (χ0v) is 23.7. The monoisotopic (exact) mass is 575 g/mol. The molecule has 0 aliphatic carbocycles. The van der Waals surface area contributed by atoms with Crippen molar-refractivity contribution in [1.29, 1.82) is 0 Å². The van der Waals surface area contributed by atoms with Crippen LogP contribution in [0.1, 0.15) is 63.4 Å². The van der Waals surface area contributed by atoms with Gasteiger partial charge < -0.3 is 25.6 Å². The van der Waals surface area contributed by atoms with Crippen LogP contribution in [-0.4, -0.2) is 68.2 Å². The molecule has 188 valence electrons. The van der Waals surface area contributed by atoms with Crippen molar-refractivity contribution in [2.24, 2.45) is 4.99 Å². The van der Waals surface area contributed by atoms with E-state index in [0.717, 1.165) is 24.8 Å². The Morgan fingerprint density at radius 3 is 2.24 bits per heavy atom. The molecule has 2 amide bonds. The second-order valence-electron chi connectivity index (χ2n) is 9.12. The number of amides is 2. The molecule has 0 unspecified atom stereocenters.